The summed E-state index contributed by atoms with van der Waals surface area (Å²) in [5.74, 6) is 1.56. The van der Waals surface area contributed by atoms with E-state index in [9.17, 15) is 4.79 Å². The van der Waals surface area contributed by atoms with E-state index in [-0.39, 0.29) is 6.03 Å². The van der Waals surface area contributed by atoms with Crippen LogP contribution >= 0.6 is 0 Å². The Morgan fingerprint density at radius 1 is 1.53 bits per heavy atom. The van der Waals surface area contributed by atoms with Crippen LogP contribution < -0.4 is 10.6 Å². The highest BCUT2D eigenvalue weighted by molar-refractivity contribution is 5.76. The van der Waals surface area contributed by atoms with Crippen molar-refractivity contribution in [2.24, 2.45) is 0 Å². The summed E-state index contributed by atoms with van der Waals surface area (Å²) in [5, 5.41) is 5.98. The van der Waals surface area contributed by atoms with Crippen molar-refractivity contribution in [1.29, 1.82) is 0 Å². The van der Waals surface area contributed by atoms with Gasteiger partial charge < -0.3 is 20.0 Å². The van der Waals surface area contributed by atoms with Gasteiger partial charge in [-0.05, 0) is 13.8 Å². The molecule has 17 heavy (non-hydrogen) atoms. The Morgan fingerprint density at radius 3 is 2.94 bits per heavy atom. The number of carbonyl (C=O) groups is 1. The highest BCUT2D eigenvalue weighted by atomic mass is 16.4. The molecule has 1 aliphatic heterocycles. The number of oxazole rings is 1. The van der Waals surface area contributed by atoms with Gasteiger partial charge in [0.15, 0.2) is 0 Å². The zero-order chi connectivity index (χ0) is 12.3. The second-order valence-corrected chi connectivity index (χ2v) is 4.14. The molecule has 94 valence electrons. The van der Waals surface area contributed by atoms with Gasteiger partial charge in [-0.1, -0.05) is 0 Å². The lowest BCUT2D eigenvalue weighted by Crippen LogP contribution is -2.34. The number of nitrogens with one attached hydrogen (secondary N) is 2. The van der Waals surface area contributed by atoms with Crippen LogP contribution in [0.5, 0.6) is 0 Å². The molecular weight excluding hydrogens is 220 g/mol. The predicted octanol–water partition coefficient (Wildman–Crippen LogP) is 0.406. The van der Waals surface area contributed by atoms with Crippen LogP contribution in [0.3, 0.4) is 0 Å². The SMILES string of the molecule is Cc1nc(CNCCN2CCNC2=O)oc1C. The third-order valence-electron chi connectivity index (χ3n) is 2.85. The van der Waals surface area contributed by atoms with E-state index in [2.05, 4.69) is 15.6 Å². The van der Waals surface area contributed by atoms with E-state index in [1.54, 1.807) is 4.90 Å². The van der Waals surface area contributed by atoms with E-state index in [1.807, 2.05) is 13.8 Å². The van der Waals surface area contributed by atoms with Crippen LogP contribution in [-0.4, -0.2) is 42.1 Å². The van der Waals surface area contributed by atoms with Gasteiger partial charge in [-0.2, -0.15) is 0 Å². The molecule has 0 aliphatic carbocycles. The van der Waals surface area contributed by atoms with Gasteiger partial charge >= 0.3 is 6.03 Å². The molecule has 2 heterocycles. The number of rotatable bonds is 5. The summed E-state index contributed by atoms with van der Waals surface area (Å²) < 4.78 is 5.44. The van der Waals surface area contributed by atoms with Gasteiger partial charge in [0.05, 0.1) is 12.2 Å². The molecule has 2 N–H and O–H groups in total. The highest BCUT2D eigenvalue weighted by Crippen LogP contribution is 2.07. The van der Waals surface area contributed by atoms with Gasteiger partial charge in [0.1, 0.15) is 5.76 Å². The zero-order valence-electron chi connectivity index (χ0n) is 10.2. The molecule has 1 saturated heterocycles. The van der Waals surface area contributed by atoms with Gasteiger partial charge in [-0.3, -0.25) is 0 Å². The molecule has 6 heteroatoms. The minimum absolute atomic E-state index is 0.0228. The second-order valence-electron chi connectivity index (χ2n) is 4.14. The molecule has 1 aromatic heterocycles. The average Bonchev–Trinajstić information content (AvgIpc) is 2.82. The smallest absolute Gasteiger partial charge is 0.317 e. The average molecular weight is 238 g/mol. The molecule has 0 aromatic carbocycles. The van der Waals surface area contributed by atoms with Gasteiger partial charge in [0, 0.05) is 26.2 Å². The van der Waals surface area contributed by atoms with E-state index in [0.29, 0.717) is 19.0 Å². The predicted molar refractivity (Wildman–Crippen MR) is 62.7 cm³/mol. The van der Waals surface area contributed by atoms with Crippen molar-refractivity contribution in [2.45, 2.75) is 20.4 Å². The summed E-state index contributed by atoms with van der Waals surface area (Å²) in [4.78, 5) is 17.3. The van der Waals surface area contributed by atoms with Crippen molar-refractivity contribution in [3.63, 3.8) is 0 Å². The van der Waals surface area contributed by atoms with Crippen LogP contribution in [0, 0.1) is 13.8 Å². The van der Waals surface area contributed by atoms with Crippen molar-refractivity contribution >= 4 is 6.03 Å². The number of aryl methyl sites for hydroxylation is 2. The molecule has 1 aromatic rings. The van der Waals surface area contributed by atoms with Gasteiger partial charge in [0.2, 0.25) is 5.89 Å². The molecule has 2 amide bonds. The molecule has 0 bridgehead atoms. The maximum absolute atomic E-state index is 11.2. The molecular formula is C11H18N4O2. The first-order valence-electron chi connectivity index (χ1n) is 5.83. The first-order chi connectivity index (χ1) is 8.16. The summed E-state index contributed by atoms with van der Waals surface area (Å²) in [5.41, 5.74) is 0.931. The summed E-state index contributed by atoms with van der Waals surface area (Å²) in [6.07, 6.45) is 0. The first-order valence-corrected chi connectivity index (χ1v) is 5.83. The van der Waals surface area contributed by atoms with Gasteiger partial charge in [-0.15, -0.1) is 0 Å². The Balaban J connectivity index is 1.67. The molecule has 1 aliphatic rings. The second kappa shape index (κ2) is 5.18. The quantitative estimate of drug-likeness (QED) is 0.729. The van der Waals surface area contributed by atoms with Crippen molar-refractivity contribution in [3.8, 4) is 0 Å². The lowest BCUT2D eigenvalue weighted by atomic mass is 10.4. The number of amides is 2. The van der Waals surface area contributed by atoms with E-state index in [4.69, 9.17) is 4.42 Å². The maximum atomic E-state index is 11.2. The number of hydrogen-bond donors (Lipinski definition) is 2. The Labute approximate surface area is 100 Å². The summed E-state index contributed by atoms with van der Waals surface area (Å²) >= 11 is 0. The van der Waals surface area contributed by atoms with Crippen LogP contribution in [0.2, 0.25) is 0 Å². The van der Waals surface area contributed by atoms with E-state index in [1.165, 1.54) is 0 Å². The van der Waals surface area contributed by atoms with E-state index >= 15 is 0 Å². The molecule has 0 atom stereocenters. The van der Waals surface area contributed by atoms with E-state index < -0.39 is 0 Å². The lowest BCUT2D eigenvalue weighted by Gasteiger charge is -2.13. The summed E-state index contributed by atoms with van der Waals surface area (Å²) in [6, 6.07) is 0.0228. The molecule has 0 saturated carbocycles. The normalized spacial score (nSPS) is 15.4. The van der Waals surface area contributed by atoms with Gasteiger partial charge in [-0.25, -0.2) is 9.78 Å². The van der Waals surface area contributed by atoms with Gasteiger partial charge in [0.25, 0.3) is 0 Å². The van der Waals surface area contributed by atoms with Crippen molar-refractivity contribution in [3.05, 3.63) is 17.3 Å². The first kappa shape index (κ1) is 11.9. The fourth-order valence-corrected chi connectivity index (χ4v) is 1.75. The van der Waals surface area contributed by atoms with Crippen LogP contribution in [0.4, 0.5) is 4.79 Å². The maximum Gasteiger partial charge on any atom is 0.317 e. The Morgan fingerprint density at radius 2 is 2.35 bits per heavy atom. The van der Waals surface area contributed by atoms with E-state index in [0.717, 1.165) is 31.1 Å². The van der Waals surface area contributed by atoms with Crippen LogP contribution in [0.15, 0.2) is 4.42 Å². The number of hydrogen-bond acceptors (Lipinski definition) is 4. The number of urea groups is 1. The minimum Gasteiger partial charge on any atom is -0.444 e. The molecule has 0 spiro atoms. The molecule has 2 rings (SSSR count). The molecule has 1 fully saturated rings. The van der Waals surface area contributed by atoms with Crippen LogP contribution in [-0.2, 0) is 6.54 Å². The van der Waals surface area contributed by atoms with Crippen molar-refractivity contribution in [2.75, 3.05) is 26.2 Å². The minimum atomic E-state index is 0.0228. The largest absolute Gasteiger partial charge is 0.444 e. The van der Waals surface area contributed by atoms with Crippen LogP contribution in [0.1, 0.15) is 17.3 Å². The highest BCUT2D eigenvalue weighted by Gasteiger charge is 2.18. The molecule has 0 radical (unpaired) electrons. The summed E-state index contributed by atoms with van der Waals surface area (Å²) in [7, 11) is 0. The monoisotopic (exact) mass is 238 g/mol. The van der Waals surface area contributed by atoms with Crippen molar-refractivity contribution in [1.82, 2.24) is 20.5 Å². The molecule has 6 nitrogen and oxygen atoms in total. The Bertz CT molecular complexity index is 383. The Kier molecular flexibility index (Phi) is 3.63. The molecule has 0 unspecified atom stereocenters. The van der Waals surface area contributed by atoms with Crippen molar-refractivity contribution < 1.29 is 9.21 Å². The fraction of sp³-hybridized carbons (Fsp3) is 0.636. The zero-order valence-corrected chi connectivity index (χ0v) is 10.2. The lowest BCUT2D eigenvalue weighted by molar-refractivity contribution is 0.217. The number of nitrogens with zero attached hydrogens (tertiary/aromatic N) is 2. The number of aromatic nitrogens is 1. The Hall–Kier alpha value is -1.56. The standard InChI is InChI=1S/C11H18N4O2/c1-8-9(2)17-10(14-8)7-12-3-5-15-6-4-13-11(15)16/h12H,3-7H2,1-2H3,(H,13,16). The third-order valence-corrected chi connectivity index (χ3v) is 2.85. The third kappa shape index (κ3) is 2.97. The van der Waals surface area contributed by atoms with Crippen LogP contribution in [0.25, 0.3) is 0 Å². The topological polar surface area (TPSA) is 70.4 Å². The number of carbonyl (C=O) groups excluding carboxylic acids is 1. The fourth-order valence-electron chi connectivity index (χ4n) is 1.75. The summed E-state index contributed by atoms with van der Waals surface area (Å²) in [6.45, 7) is 7.43.